The third-order valence-electron chi connectivity index (χ3n) is 2.64. The van der Waals surface area contributed by atoms with Gasteiger partial charge in [0.15, 0.2) is 0 Å². The molecule has 1 aromatic carbocycles. The zero-order valence-corrected chi connectivity index (χ0v) is 11.9. The van der Waals surface area contributed by atoms with Crippen LogP contribution in [-0.2, 0) is 27.6 Å². The quantitative estimate of drug-likeness (QED) is 0.702. The van der Waals surface area contributed by atoms with Gasteiger partial charge in [0, 0.05) is 19.3 Å². The van der Waals surface area contributed by atoms with Gasteiger partial charge in [0.05, 0.1) is 12.2 Å². The van der Waals surface area contributed by atoms with E-state index in [1.165, 1.54) is 6.26 Å². The summed E-state index contributed by atoms with van der Waals surface area (Å²) in [4.78, 5) is 11.6. The molecule has 1 rings (SSSR count). The maximum atomic E-state index is 11.6. The monoisotopic (exact) mass is 284 g/mol. The number of carbonyl (C=O) groups is 1. The molecule has 0 aliphatic rings. The van der Waals surface area contributed by atoms with Gasteiger partial charge in [-0.25, -0.2) is 8.42 Å². The predicted octanol–water partition coefficient (Wildman–Crippen LogP) is 0.239. The molecule has 106 valence electrons. The first kappa shape index (κ1) is 15.7. The summed E-state index contributed by atoms with van der Waals surface area (Å²) in [6.07, 6.45) is 1.92. The third kappa shape index (κ3) is 6.93. The topological polar surface area (TPSA) is 89.3 Å². The van der Waals surface area contributed by atoms with Crippen molar-refractivity contribution in [3.8, 4) is 0 Å². The van der Waals surface area contributed by atoms with Crippen LogP contribution in [0.2, 0.25) is 0 Å². The van der Waals surface area contributed by atoms with Crippen molar-refractivity contribution in [3.63, 3.8) is 0 Å². The fourth-order valence-corrected chi connectivity index (χ4v) is 2.27. The van der Waals surface area contributed by atoms with Gasteiger partial charge in [-0.2, -0.15) is 0 Å². The second-order valence-electron chi connectivity index (χ2n) is 4.53. The summed E-state index contributed by atoms with van der Waals surface area (Å²) >= 11 is 0. The Hall–Kier alpha value is -1.40. The van der Waals surface area contributed by atoms with E-state index in [0.29, 0.717) is 25.9 Å². The lowest BCUT2D eigenvalue weighted by Crippen LogP contribution is -2.27. The van der Waals surface area contributed by atoms with Crippen LogP contribution in [0.25, 0.3) is 0 Å². The van der Waals surface area contributed by atoms with Crippen molar-refractivity contribution in [2.75, 3.05) is 18.6 Å². The Bertz CT molecular complexity index is 509. The zero-order valence-electron chi connectivity index (χ0n) is 11.1. The average molecular weight is 284 g/mol. The van der Waals surface area contributed by atoms with Gasteiger partial charge in [-0.15, -0.1) is 0 Å². The largest absolute Gasteiger partial charge is 0.356 e. The van der Waals surface area contributed by atoms with Crippen molar-refractivity contribution in [2.45, 2.75) is 19.4 Å². The molecule has 0 aliphatic heterocycles. The molecule has 0 unspecified atom stereocenters. The number of hydrogen-bond donors (Lipinski definition) is 2. The van der Waals surface area contributed by atoms with E-state index in [4.69, 9.17) is 5.73 Å². The first-order valence-electron chi connectivity index (χ1n) is 6.13. The van der Waals surface area contributed by atoms with Crippen molar-refractivity contribution in [2.24, 2.45) is 5.73 Å². The second kappa shape index (κ2) is 7.25. The number of nitrogens with one attached hydrogen (secondary N) is 1. The molecule has 1 aromatic rings. The lowest BCUT2D eigenvalue weighted by Gasteiger charge is -2.05. The van der Waals surface area contributed by atoms with E-state index in [9.17, 15) is 13.2 Å². The van der Waals surface area contributed by atoms with Crippen molar-refractivity contribution in [1.29, 1.82) is 0 Å². The summed E-state index contributed by atoms with van der Waals surface area (Å²) in [5.41, 5.74) is 7.43. The minimum absolute atomic E-state index is 0.0957. The zero-order chi connectivity index (χ0) is 14.3. The van der Waals surface area contributed by atoms with Crippen LogP contribution < -0.4 is 11.1 Å². The molecule has 0 heterocycles. The molecule has 19 heavy (non-hydrogen) atoms. The predicted molar refractivity (Wildman–Crippen MR) is 75.4 cm³/mol. The van der Waals surface area contributed by atoms with Gasteiger partial charge in [0.25, 0.3) is 0 Å². The van der Waals surface area contributed by atoms with Gasteiger partial charge in [-0.3, -0.25) is 4.79 Å². The molecule has 0 aliphatic carbocycles. The third-order valence-corrected chi connectivity index (χ3v) is 3.67. The Kier molecular flexibility index (Phi) is 5.98. The molecular weight excluding hydrogens is 264 g/mol. The van der Waals surface area contributed by atoms with Gasteiger partial charge in [-0.05, 0) is 17.5 Å². The summed E-state index contributed by atoms with van der Waals surface area (Å²) in [7, 11) is -2.95. The van der Waals surface area contributed by atoms with Crippen LogP contribution in [-0.4, -0.2) is 32.9 Å². The molecule has 0 atom stereocenters. The Labute approximate surface area is 114 Å². The summed E-state index contributed by atoms with van der Waals surface area (Å²) in [6.45, 7) is 0.866. The van der Waals surface area contributed by atoms with E-state index >= 15 is 0 Å². The molecule has 0 saturated heterocycles. The average Bonchev–Trinajstić information content (AvgIpc) is 2.34. The van der Waals surface area contributed by atoms with Crippen LogP contribution in [0.3, 0.4) is 0 Å². The highest BCUT2D eigenvalue weighted by Gasteiger charge is 2.05. The Morgan fingerprint density at radius 2 is 1.79 bits per heavy atom. The van der Waals surface area contributed by atoms with Gasteiger partial charge >= 0.3 is 0 Å². The van der Waals surface area contributed by atoms with Gasteiger partial charge in [-0.1, -0.05) is 24.3 Å². The van der Waals surface area contributed by atoms with Crippen LogP contribution in [0.1, 0.15) is 17.5 Å². The molecule has 0 saturated carbocycles. The fourth-order valence-electron chi connectivity index (χ4n) is 1.60. The van der Waals surface area contributed by atoms with Gasteiger partial charge in [0.2, 0.25) is 5.91 Å². The van der Waals surface area contributed by atoms with Crippen LogP contribution >= 0.6 is 0 Å². The molecule has 0 bridgehead atoms. The molecule has 0 spiro atoms. The standard InChI is InChI=1S/C13H20N2O3S/c1-19(17,18)8-2-7-15-13(16)9-11-3-5-12(10-14)6-4-11/h3-6H,2,7-10,14H2,1H3,(H,15,16). The molecule has 0 aromatic heterocycles. The van der Waals surface area contributed by atoms with E-state index in [2.05, 4.69) is 5.32 Å². The normalized spacial score (nSPS) is 11.3. The van der Waals surface area contributed by atoms with Crippen LogP contribution in [0.4, 0.5) is 0 Å². The lowest BCUT2D eigenvalue weighted by atomic mass is 10.1. The SMILES string of the molecule is CS(=O)(=O)CCCNC(=O)Cc1ccc(CN)cc1. The number of amides is 1. The Morgan fingerprint density at radius 1 is 1.21 bits per heavy atom. The van der Waals surface area contributed by atoms with Crippen molar-refractivity contribution in [1.82, 2.24) is 5.32 Å². The van der Waals surface area contributed by atoms with E-state index < -0.39 is 9.84 Å². The van der Waals surface area contributed by atoms with E-state index in [1.807, 2.05) is 24.3 Å². The first-order valence-corrected chi connectivity index (χ1v) is 8.19. The lowest BCUT2D eigenvalue weighted by molar-refractivity contribution is -0.120. The molecule has 1 amide bonds. The minimum atomic E-state index is -2.95. The number of benzene rings is 1. The van der Waals surface area contributed by atoms with Crippen molar-refractivity contribution >= 4 is 15.7 Å². The number of hydrogen-bond acceptors (Lipinski definition) is 4. The summed E-state index contributed by atoms with van der Waals surface area (Å²) in [5, 5.41) is 2.70. The maximum Gasteiger partial charge on any atom is 0.224 e. The van der Waals surface area contributed by atoms with Crippen molar-refractivity contribution in [3.05, 3.63) is 35.4 Å². The molecular formula is C13H20N2O3S. The van der Waals surface area contributed by atoms with Crippen LogP contribution in [0.5, 0.6) is 0 Å². The van der Waals surface area contributed by atoms with Gasteiger partial charge in [0.1, 0.15) is 9.84 Å². The highest BCUT2D eigenvalue weighted by molar-refractivity contribution is 7.90. The molecule has 0 radical (unpaired) electrons. The second-order valence-corrected chi connectivity index (χ2v) is 6.79. The maximum absolute atomic E-state index is 11.6. The highest BCUT2D eigenvalue weighted by atomic mass is 32.2. The first-order chi connectivity index (χ1) is 8.90. The number of nitrogens with two attached hydrogens (primary N) is 1. The highest BCUT2D eigenvalue weighted by Crippen LogP contribution is 2.04. The number of sulfone groups is 1. The molecule has 0 fully saturated rings. The van der Waals surface area contributed by atoms with E-state index in [-0.39, 0.29) is 11.7 Å². The van der Waals surface area contributed by atoms with E-state index in [0.717, 1.165) is 11.1 Å². The molecule has 3 N–H and O–H groups in total. The molecule has 5 nitrogen and oxygen atoms in total. The Balaban J connectivity index is 2.30. The number of carbonyl (C=O) groups excluding carboxylic acids is 1. The number of rotatable bonds is 7. The summed E-state index contributed by atoms with van der Waals surface area (Å²) in [6, 6.07) is 7.54. The summed E-state index contributed by atoms with van der Waals surface area (Å²) in [5.74, 6) is -0.00707. The van der Waals surface area contributed by atoms with Crippen LogP contribution in [0, 0.1) is 0 Å². The Morgan fingerprint density at radius 3 is 2.32 bits per heavy atom. The van der Waals surface area contributed by atoms with Gasteiger partial charge < -0.3 is 11.1 Å². The smallest absolute Gasteiger partial charge is 0.224 e. The fraction of sp³-hybridized carbons (Fsp3) is 0.462. The minimum Gasteiger partial charge on any atom is -0.356 e. The van der Waals surface area contributed by atoms with E-state index in [1.54, 1.807) is 0 Å². The van der Waals surface area contributed by atoms with Crippen molar-refractivity contribution < 1.29 is 13.2 Å². The summed E-state index contributed by atoms with van der Waals surface area (Å²) < 4.78 is 21.8. The molecule has 6 heteroatoms. The van der Waals surface area contributed by atoms with Crippen LogP contribution in [0.15, 0.2) is 24.3 Å².